The van der Waals surface area contributed by atoms with Crippen LogP contribution in [-0.2, 0) is 0 Å². The second-order valence-electron chi connectivity index (χ2n) is 6.08. The van der Waals surface area contributed by atoms with E-state index >= 15 is 0 Å². The van der Waals surface area contributed by atoms with E-state index in [1.807, 2.05) is 42.5 Å². The van der Waals surface area contributed by atoms with Gasteiger partial charge in [0.1, 0.15) is 5.82 Å². The molecule has 0 saturated heterocycles. The Hall–Kier alpha value is -3.23. The molecule has 8 nitrogen and oxygen atoms in total. The first kappa shape index (κ1) is 18.6. The maximum atomic E-state index is 12.3. The fourth-order valence-electron chi connectivity index (χ4n) is 2.53. The molecule has 1 atom stereocenters. The Bertz CT molecular complexity index is 948. The number of aromatic nitrogens is 2. The number of hydrogen-bond donors (Lipinski definition) is 5. The third kappa shape index (κ3) is 5.13. The molecule has 0 fully saturated rings. The summed E-state index contributed by atoms with van der Waals surface area (Å²) in [5.41, 5.74) is 1.30. The summed E-state index contributed by atoms with van der Waals surface area (Å²) in [6, 6.07) is 14.7. The molecule has 0 radical (unpaired) electrons. The summed E-state index contributed by atoms with van der Waals surface area (Å²) in [7, 11) is 0. The number of nitrogens with zero attached hydrogens (tertiary/aromatic N) is 2. The lowest BCUT2D eigenvalue weighted by molar-refractivity contribution is 0.105. The summed E-state index contributed by atoms with van der Waals surface area (Å²) in [5, 5.41) is 28.6. The third-order valence-electron chi connectivity index (χ3n) is 3.82. The zero-order chi connectivity index (χ0) is 19.2. The van der Waals surface area contributed by atoms with E-state index in [9.17, 15) is 9.90 Å². The molecule has 0 aliphatic rings. The van der Waals surface area contributed by atoms with Crippen LogP contribution in [0.2, 0.25) is 0 Å². The summed E-state index contributed by atoms with van der Waals surface area (Å²) in [6.45, 7) is 1.55. The molecule has 1 aromatic heterocycles. The summed E-state index contributed by atoms with van der Waals surface area (Å²) < 4.78 is 0. The van der Waals surface area contributed by atoms with Crippen LogP contribution >= 0.6 is 0 Å². The van der Waals surface area contributed by atoms with Gasteiger partial charge in [0.2, 0.25) is 5.95 Å². The molecule has 0 bridgehead atoms. The van der Waals surface area contributed by atoms with Crippen molar-refractivity contribution in [2.75, 3.05) is 29.1 Å². The van der Waals surface area contributed by atoms with Crippen LogP contribution in [0.25, 0.3) is 10.8 Å². The van der Waals surface area contributed by atoms with Gasteiger partial charge in [-0.15, -0.1) is 0 Å². The molecule has 0 aliphatic carbocycles. The van der Waals surface area contributed by atoms with Gasteiger partial charge in [-0.05, 0) is 29.8 Å². The Morgan fingerprint density at radius 1 is 1.07 bits per heavy atom. The molecule has 0 aliphatic heterocycles. The number of fused-ring (bicyclic) bond motifs is 1. The number of nitrogens with one attached hydrogen (secondary N) is 3. The van der Waals surface area contributed by atoms with Crippen molar-refractivity contribution in [2.45, 2.75) is 13.0 Å². The second kappa shape index (κ2) is 8.43. The van der Waals surface area contributed by atoms with Gasteiger partial charge in [-0.2, -0.15) is 4.98 Å². The lowest BCUT2D eigenvalue weighted by Gasteiger charge is -2.12. The van der Waals surface area contributed by atoms with Crippen LogP contribution in [0.3, 0.4) is 0 Å². The third-order valence-corrected chi connectivity index (χ3v) is 3.82. The summed E-state index contributed by atoms with van der Waals surface area (Å²) in [5.74, 6) is 0.574. The van der Waals surface area contributed by atoms with Crippen molar-refractivity contribution in [3.8, 4) is 0 Å². The van der Waals surface area contributed by atoms with Gasteiger partial charge < -0.3 is 20.8 Å². The topological polar surface area (TPSA) is 119 Å². The largest absolute Gasteiger partial charge is 0.394 e. The first-order chi connectivity index (χ1) is 13.0. The van der Waals surface area contributed by atoms with Crippen LogP contribution < -0.4 is 16.0 Å². The fourth-order valence-corrected chi connectivity index (χ4v) is 2.53. The smallest absolute Gasteiger partial charge is 0.326 e. The zero-order valence-electron chi connectivity index (χ0n) is 14.8. The van der Waals surface area contributed by atoms with E-state index in [0.29, 0.717) is 17.2 Å². The molecule has 1 heterocycles. The van der Waals surface area contributed by atoms with Gasteiger partial charge in [-0.3, -0.25) is 5.32 Å². The van der Waals surface area contributed by atoms with Crippen molar-refractivity contribution in [3.05, 3.63) is 54.2 Å². The van der Waals surface area contributed by atoms with Crippen molar-refractivity contribution in [1.29, 1.82) is 0 Å². The summed E-state index contributed by atoms with van der Waals surface area (Å²) >= 11 is 0. The van der Waals surface area contributed by atoms with Crippen LogP contribution in [0, 0.1) is 6.92 Å². The maximum absolute atomic E-state index is 12.3. The average Bonchev–Trinajstić information content (AvgIpc) is 2.65. The van der Waals surface area contributed by atoms with E-state index in [-0.39, 0.29) is 19.1 Å². The van der Waals surface area contributed by atoms with Crippen molar-refractivity contribution < 1.29 is 15.0 Å². The minimum absolute atomic E-state index is 0.134. The number of benzene rings is 2. The van der Waals surface area contributed by atoms with E-state index < -0.39 is 12.1 Å². The SMILES string of the molecule is Cc1cc(NCC(O)CO)nc(NC(=O)Nc2ccc3ccccc3c2)n1. The number of aliphatic hydroxyl groups excluding tert-OH is 2. The molecule has 27 heavy (non-hydrogen) atoms. The molecule has 2 aromatic carbocycles. The molecule has 140 valence electrons. The molecule has 2 amide bonds. The Kier molecular flexibility index (Phi) is 5.80. The fraction of sp³-hybridized carbons (Fsp3) is 0.211. The quantitative estimate of drug-likeness (QED) is 0.456. The van der Waals surface area contributed by atoms with Gasteiger partial charge in [-0.25, -0.2) is 9.78 Å². The van der Waals surface area contributed by atoms with Crippen molar-refractivity contribution >= 4 is 34.3 Å². The lowest BCUT2D eigenvalue weighted by atomic mass is 10.1. The monoisotopic (exact) mass is 367 g/mol. The highest BCUT2D eigenvalue weighted by molar-refractivity contribution is 6.00. The van der Waals surface area contributed by atoms with Crippen molar-refractivity contribution in [3.63, 3.8) is 0 Å². The van der Waals surface area contributed by atoms with Crippen LogP contribution in [0.1, 0.15) is 5.69 Å². The van der Waals surface area contributed by atoms with Gasteiger partial charge in [0.15, 0.2) is 0 Å². The minimum atomic E-state index is -0.895. The predicted molar refractivity (Wildman–Crippen MR) is 105 cm³/mol. The van der Waals surface area contributed by atoms with Crippen molar-refractivity contribution in [1.82, 2.24) is 9.97 Å². The van der Waals surface area contributed by atoms with E-state index in [2.05, 4.69) is 25.9 Å². The van der Waals surface area contributed by atoms with Crippen LogP contribution in [0.5, 0.6) is 0 Å². The molecule has 0 spiro atoms. The number of carbonyl (C=O) groups excluding carboxylic acids is 1. The molecule has 0 saturated carbocycles. The lowest BCUT2D eigenvalue weighted by Crippen LogP contribution is -2.24. The molecular formula is C19H21N5O3. The van der Waals surface area contributed by atoms with Gasteiger partial charge in [0, 0.05) is 24.0 Å². The highest BCUT2D eigenvalue weighted by Crippen LogP contribution is 2.19. The van der Waals surface area contributed by atoms with E-state index in [1.54, 1.807) is 13.0 Å². The molecule has 3 aromatic rings. The number of carbonyl (C=O) groups is 1. The van der Waals surface area contributed by atoms with E-state index in [4.69, 9.17) is 5.11 Å². The number of urea groups is 1. The van der Waals surface area contributed by atoms with E-state index in [1.165, 1.54) is 0 Å². The Morgan fingerprint density at radius 2 is 1.85 bits per heavy atom. The van der Waals surface area contributed by atoms with Gasteiger partial charge in [0.25, 0.3) is 0 Å². The number of anilines is 3. The molecule has 8 heteroatoms. The number of amides is 2. The summed E-state index contributed by atoms with van der Waals surface area (Å²) in [6.07, 6.45) is -0.895. The first-order valence-corrected chi connectivity index (χ1v) is 8.49. The average molecular weight is 367 g/mol. The highest BCUT2D eigenvalue weighted by Gasteiger charge is 2.09. The van der Waals surface area contributed by atoms with Crippen LogP contribution in [-0.4, -0.2) is 45.5 Å². The zero-order valence-corrected chi connectivity index (χ0v) is 14.8. The molecular weight excluding hydrogens is 346 g/mol. The maximum Gasteiger partial charge on any atom is 0.326 e. The molecule has 3 rings (SSSR count). The highest BCUT2D eigenvalue weighted by atomic mass is 16.3. The minimum Gasteiger partial charge on any atom is -0.394 e. The van der Waals surface area contributed by atoms with Gasteiger partial charge in [0.05, 0.1) is 12.7 Å². The number of rotatable bonds is 6. The first-order valence-electron chi connectivity index (χ1n) is 8.49. The predicted octanol–water partition coefficient (Wildman–Crippen LogP) is 2.35. The Balaban J connectivity index is 1.66. The Morgan fingerprint density at radius 3 is 2.63 bits per heavy atom. The van der Waals surface area contributed by atoms with Crippen molar-refractivity contribution in [2.24, 2.45) is 0 Å². The van der Waals surface area contributed by atoms with E-state index in [0.717, 1.165) is 10.8 Å². The number of aryl methyl sites for hydroxylation is 1. The summed E-state index contributed by atoms with van der Waals surface area (Å²) in [4.78, 5) is 20.6. The van der Waals surface area contributed by atoms with Gasteiger partial charge in [-0.1, -0.05) is 30.3 Å². The molecule has 1 unspecified atom stereocenters. The normalized spacial score (nSPS) is 11.8. The standard InChI is InChI=1S/C19H21N5O3/c1-12-8-17(20-10-16(26)11-25)23-18(21-12)24-19(27)22-15-7-6-13-4-2-3-5-14(13)9-15/h2-9,16,25-26H,10-11H2,1H3,(H3,20,21,22,23,24,27). The second-order valence-corrected chi connectivity index (χ2v) is 6.08. The van der Waals surface area contributed by atoms with Crippen LogP contribution in [0.4, 0.5) is 22.2 Å². The van der Waals surface area contributed by atoms with Gasteiger partial charge >= 0.3 is 6.03 Å². The Labute approximate surface area is 156 Å². The number of hydrogen-bond acceptors (Lipinski definition) is 6. The number of aliphatic hydroxyl groups is 2. The molecule has 5 N–H and O–H groups in total. The van der Waals surface area contributed by atoms with Crippen LogP contribution in [0.15, 0.2) is 48.5 Å².